The van der Waals surface area contributed by atoms with Crippen LogP contribution in [0.3, 0.4) is 0 Å². The summed E-state index contributed by atoms with van der Waals surface area (Å²) in [6.07, 6.45) is 0.0885. The Bertz CT molecular complexity index is 390. The summed E-state index contributed by atoms with van der Waals surface area (Å²) in [5, 5.41) is 9.17. The van der Waals surface area contributed by atoms with E-state index in [2.05, 4.69) is 0 Å². The Hall–Kier alpha value is -1.13. The van der Waals surface area contributed by atoms with E-state index >= 15 is 0 Å². The Morgan fingerprint density at radius 2 is 2.25 bits per heavy atom. The lowest BCUT2D eigenvalue weighted by Crippen LogP contribution is -2.36. The van der Waals surface area contributed by atoms with Gasteiger partial charge in [-0.15, -0.1) is 0 Å². The summed E-state index contributed by atoms with van der Waals surface area (Å²) in [6, 6.07) is 4.37. The molecule has 1 aromatic carbocycles. The van der Waals surface area contributed by atoms with Crippen molar-refractivity contribution in [2.24, 2.45) is 0 Å². The highest BCUT2D eigenvalue weighted by molar-refractivity contribution is 5.35. The molecule has 1 N–H and O–H groups in total. The average molecular weight is 226 g/mol. The van der Waals surface area contributed by atoms with Crippen molar-refractivity contribution in [3.8, 4) is 5.75 Å². The number of aliphatic hydroxyl groups is 1. The second-order valence-electron chi connectivity index (χ2n) is 4.38. The lowest BCUT2D eigenvalue weighted by atomic mass is 10.1. The molecule has 0 spiro atoms. The molecule has 0 saturated carbocycles. The van der Waals surface area contributed by atoms with Gasteiger partial charge in [-0.3, -0.25) is 0 Å². The number of aliphatic hydroxyl groups excluding tert-OH is 1. The van der Waals surface area contributed by atoms with Crippen LogP contribution in [0.15, 0.2) is 18.2 Å². The standard InChI is InChI=1S/C12H15FO3/c1-12(2)15-10(7-14)6-8-5-9(13)3-4-11(8)16-12/h3-5,10,14H,6-7H2,1-2H3. The molecule has 0 bridgehead atoms. The smallest absolute Gasteiger partial charge is 0.205 e. The van der Waals surface area contributed by atoms with Gasteiger partial charge >= 0.3 is 0 Å². The quantitative estimate of drug-likeness (QED) is 0.794. The monoisotopic (exact) mass is 226 g/mol. The predicted molar refractivity (Wildman–Crippen MR) is 56.8 cm³/mol. The van der Waals surface area contributed by atoms with Crippen LogP contribution in [0.2, 0.25) is 0 Å². The Morgan fingerprint density at radius 3 is 2.94 bits per heavy atom. The van der Waals surface area contributed by atoms with Crippen molar-refractivity contribution < 1.29 is 19.0 Å². The van der Waals surface area contributed by atoms with Crippen LogP contribution in [0, 0.1) is 5.82 Å². The van der Waals surface area contributed by atoms with Crippen molar-refractivity contribution in [2.75, 3.05) is 6.61 Å². The minimum absolute atomic E-state index is 0.108. The zero-order valence-electron chi connectivity index (χ0n) is 9.37. The van der Waals surface area contributed by atoms with Crippen molar-refractivity contribution in [3.63, 3.8) is 0 Å². The molecule has 4 heteroatoms. The lowest BCUT2D eigenvalue weighted by Gasteiger charge is -2.27. The van der Waals surface area contributed by atoms with Crippen molar-refractivity contribution in [3.05, 3.63) is 29.6 Å². The van der Waals surface area contributed by atoms with Gasteiger partial charge in [0, 0.05) is 20.3 Å². The summed E-state index contributed by atoms with van der Waals surface area (Å²) in [6.45, 7) is 3.44. The van der Waals surface area contributed by atoms with Crippen molar-refractivity contribution in [1.82, 2.24) is 0 Å². The number of ether oxygens (including phenoxy) is 2. The zero-order chi connectivity index (χ0) is 11.8. The van der Waals surface area contributed by atoms with E-state index in [4.69, 9.17) is 14.6 Å². The molecule has 1 aliphatic heterocycles. The summed E-state index contributed by atoms with van der Waals surface area (Å²) < 4.78 is 24.3. The topological polar surface area (TPSA) is 38.7 Å². The molecule has 1 unspecified atom stereocenters. The number of hydrogen-bond donors (Lipinski definition) is 1. The lowest BCUT2D eigenvalue weighted by molar-refractivity contribution is -0.188. The van der Waals surface area contributed by atoms with Crippen LogP contribution in [-0.4, -0.2) is 23.6 Å². The molecule has 1 aromatic rings. The van der Waals surface area contributed by atoms with Gasteiger partial charge in [-0.25, -0.2) is 4.39 Å². The SMILES string of the molecule is CC1(C)Oc2ccc(F)cc2CC(CO)O1. The fraction of sp³-hybridized carbons (Fsp3) is 0.500. The van der Waals surface area contributed by atoms with Crippen molar-refractivity contribution in [1.29, 1.82) is 0 Å². The van der Waals surface area contributed by atoms with Gasteiger partial charge in [-0.2, -0.15) is 0 Å². The van der Waals surface area contributed by atoms with Crippen LogP contribution in [-0.2, 0) is 11.2 Å². The van der Waals surface area contributed by atoms with E-state index in [9.17, 15) is 4.39 Å². The summed E-state index contributed by atoms with van der Waals surface area (Å²) in [7, 11) is 0. The molecule has 16 heavy (non-hydrogen) atoms. The third kappa shape index (κ3) is 2.33. The van der Waals surface area contributed by atoms with Gasteiger partial charge < -0.3 is 14.6 Å². The van der Waals surface area contributed by atoms with Gasteiger partial charge in [-0.1, -0.05) is 0 Å². The van der Waals surface area contributed by atoms with Gasteiger partial charge in [0.1, 0.15) is 11.6 Å². The van der Waals surface area contributed by atoms with Gasteiger partial charge in [0.15, 0.2) is 0 Å². The van der Waals surface area contributed by atoms with Crippen LogP contribution in [0.5, 0.6) is 5.75 Å². The molecule has 0 saturated heterocycles. The number of fused-ring (bicyclic) bond motifs is 1. The highest BCUT2D eigenvalue weighted by Gasteiger charge is 2.30. The predicted octanol–water partition coefficient (Wildman–Crippen LogP) is 1.87. The zero-order valence-corrected chi connectivity index (χ0v) is 9.37. The van der Waals surface area contributed by atoms with E-state index in [0.717, 1.165) is 5.56 Å². The molecular formula is C12H15FO3. The Balaban J connectivity index is 2.38. The van der Waals surface area contributed by atoms with Crippen molar-refractivity contribution >= 4 is 0 Å². The summed E-state index contributed by atoms with van der Waals surface area (Å²) in [5.41, 5.74) is 0.727. The van der Waals surface area contributed by atoms with E-state index in [1.54, 1.807) is 19.9 Å². The fourth-order valence-corrected chi connectivity index (χ4v) is 1.89. The number of hydrogen-bond acceptors (Lipinski definition) is 3. The molecule has 1 heterocycles. The van der Waals surface area contributed by atoms with E-state index in [1.165, 1.54) is 12.1 Å². The molecule has 1 aliphatic rings. The minimum Gasteiger partial charge on any atom is -0.463 e. The van der Waals surface area contributed by atoms with Crippen molar-refractivity contribution in [2.45, 2.75) is 32.2 Å². The van der Waals surface area contributed by atoms with Gasteiger partial charge in [0.25, 0.3) is 0 Å². The second kappa shape index (κ2) is 4.03. The highest BCUT2D eigenvalue weighted by atomic mass is 19.1. The summed E-state index contributed by atoms with van der Waals surface area (Å²) in [4.78, 5) is 0. The number of benzene rings is 1. The van der Waals surface area contributed by atoms with Crippen LogP contribution >= 0.6 is 0 Å². The van der Waals surface area contributed by atoms with Gasteiger partial charge in [0.2, 0.25) is 5.79 Å². The molecule has 0 radical (unpaired) electrons. The van der Waals surface area contributed by atoms with E-state index in [1.807, 2.05) is 0 Å². The number of halogens is 1. The first-order chi connectivity index (χ1) is 7.50. The van der Waals surface area contributed by atoms with E-state index < -0.39 is 5.79 Å². The average Bonchev–Trinajstić information content (AvgIpc) is 2.32. The molecular weight excluding hydrogens is 211 g/mol. The maximum Gasteiger partial charge on any atom is 0.205 e. The maximum atomic E-state index is 13.1. The summed E-state index contributed by atoms with van der Waals surface area (Å²) in [5.74, 6) is -0.502. The first-order valence-electron chi connectivity index (χ1n) is 5.26. The van der Waals surface area contributed by atoms with Crippen LogP contribution in [0.1, 0.15) is 19.4 Å². The summed E-state index contributed by atoms with van der Waals surface area (Å²) >= 11 is 0. The molecule has 0 fully saturated rings. The first-order valence-corrected chi connectivity index (χ1v) is 5.26. The van der Waals surface area contributed by atoms with Crippen LogP contribution in [0.25, 0.3) is 0 Å². The highest BCUT2D eigenvalue weighted by Crippen LogP contribution is 2.31. The molecule has 0 amide bonds. The Labute approximate surface area is 93.8 Å². The fourth-order valence-electron chi connectivity index (χ4n) is 1.89. The van der Waals surface area contributed by atoms with E-state index in [0.29, 0.717) is 12.2 Å². The second-order valence-corrected chi connectivity index (χ2v) is 4.38. The normalized spacial score (nSPS) is 23.1. The molecule has 2 rings (SSSR count). The molecule has 0 aliphatic carbocycles. The third-order valence-corrected chi connectivity index (χ3v) is 2.48. The van der Waals surface area contributed by atoms with E-state index in [-0.39, 0.29) is 18.5 Å². The molecule has 3 nitrogen and oxygen atoms in total. The Morgan fingerprint density at radius 1 is 1.50 bits per heavy atom. The molecule has 0 aromatic heterocycles. The van der Waals surface area contributed by atoms with Crippen LogP contribution < -0.4 is 4.74 Å². The third-order valence-electron chi connectivity index (χ3n) is 2.48. The Kier molecular flexibility index (Phi) is 2.86. The molecule has 1 atom stereocenters. The first kappa shape index (κ1) is 11.4. The van der Waals surface area contributed by atoms with Crippen LogP contribution in [0.4, 0.5) is 4.39 Å². The number of rotatable bonds is 1. The molecule has 88 valence electrons. The van der Waals surface area contributed by atoms with Gasteiger partial charge in [-0.05, 0) is 23.8 Å². The largest absolute Gasteiger partial charge is 0.463 e. The maximum absolute atomic E-state index is 13.1. The minimum atomic E-state index is -0.809. The van der Waals surface area contributed by atoms with Gasteiger partial charge in [0.05, 0.1) is 12.7 Å².